The second-order valence-electron chi connectivity index (χ2n) is 2.14. The van der Waals surface area contributed by atoms with Crippen LogP contribution in [0.4, 0.5) is 0 Å². The van der Waals surface area contributed by atoms with Crippen molar-refractivity contribution in [2.45, 2.75) is 0 Å². The SMILES string of the molecule is NCCN.NCCN.NCCN.[Co+2].[O]=[W](=[O])([O-])[O-]. The molecule has 117 valence electrons. The quantitative estimate of drug-likeness (QED) is 0.220. The predicted molar refractivity (Wildman–Crippen MR) is 55.7 cm³/mol. The molecule has 0 heterocycles. The van der Waals surface area contributed by atoms with E-state index in [4.69, 9.17) is 48.7 Å². The Morgan fingerprint density at radius 2 is 0.667 bits per heavy atom. The molecule has 0 atom stereocenters. The number of rotatable bonds is 3. The van der Waals surface area contributed by atoms with Crippen molar-refractivity contribution in [2.75, 3.05) is 39.3 Å². The van der Waals surface area contributed by atoms with E-state index in [9.17, 15) is 0 Å². The van der Waals surface area contributed by atoms with Crippen molar-refractivity contribution in [2.24, 2.45) is 34.4 Å². The van der Waals surface area contributed by atoms with Gasteiger partial charge in [-0.1, -0.05) is 0 Å². The molecule has 12 heteroatoms. The summed E-state index contributed by atoms with van der Waals surface area (Å²) < 4.78 is 34.6. The first-order valence-electron chi connectivity index (χ1n) is 4.62. The topological polar surface area (TPSA) is 236 Å². The van der Waals surface area contributed by atoms with E-state index in [1.165, 1.54) is 0 Å². The van der Waals surface area contributed by atoms with Gasteiger partial charge in [0.25, 0.3) is 0 Å². The van der Waals surface area contributed by atoms with Crippen molar-refractivity contribution in [3.8, 4) is 0 Å². The summed E-state index contributed by atoms with van der Waals surface area (Å²) in [5.41, 5.74) is 29.4. The van der Waals surface area contributed by atoms with Crippen LogP contribution in [0.3, 0.4) is 0 Å². The van der Waals surface area contributed by atoms with Gasteiger partial charge < -0.3 is 34.4 Å². The summed E-state index contributed by atoms with van der Waals surface area (Å²) in [6.07, 6.45) is 0. The molecule has 0 saturated heterocycles. The molecule has 1 radical (unpaired) electrons. The molecule has 0 rings (SSSR count). The van der Waals surface area contributed by atoms with Crippen LogP contribution in [0.2, 0.25) is 0 Å². The summed E-state index contributed by atoms with van der Waals surface area (Å²) in [7, 11) is 0. The summed E-state index contributed by atoms with van der Waals surface area (Å²) in [5, 5.41) is 0. The second-order valence-corrected chi connectivity index (χ2v) is 5.07. The Balaban J connectivity index is -0.0000000412. The molecule has 0 aromatic carbocycles. The molecule has 0 spiro atoms. The summed E-state index contributed by atoms with van der Waals surface area (Å²) in [6, 6.07) is 0. The van der Waals surface area contributed by atoms with Crippen molar-refractivity contribution >= 4 is 0 Å². The van der Waals surface area contributed by atoms with Crippen LogP contribution in [-0.2, 0) is 40.3 Å². The van der Waals surface area contributed by atoms with Gasteiger partial charge in [-0.15, -0.1) is 0 Å². The molecule has 0 saturated carbocycles. The van der Waals surface area contributed by atoms with E-state index in [2.05, 4.69) is 0 Å². The summed E-state index contributed by atoms with van der Waals surface area (Å²) >= 11 is -6.17. The molecule has 12 N–H and O–H groups in total. The van der Waals surface area contributed by atoms with Crippen LogP contribution in [0, 0.1) is 0 Å². The van der Waals surface area contributed by atoms with Crippen molar-refractivity contribution < 1.29 is 47.8 Å². The molecule has 0 bridgehead atoms. The van der Waals surface area contributed by atoms with E-state index < -0.39 is 16.7 Å². The van der Waals surface area contributed by atoms with Crippen LogP contribution in [0.5, 0.6) is 0 Å². The van der Waals surface area contributed by atoms with Gasteiger partial charge in [-0.2, -0.15) is 0 Å². The predicted octanol–water partition coefficient (Wildman–Crippen LogP) is -5.91. The Hall–Kier alpha value is 0.475. The minimum atomic E-state index is -6.17. The zero-order valence-corrected chi connectivity index (χ0v) is 14.1. The van der Waals surface area contributed by atoms with Crippen molar-refractivity contribution in [1.82, 2.24) is 0 Å². The number of hydrogen-bond donors (Lipinski definition) is 6. The fraction of sp³-hybridized carbons (Fsp3) is 1.00. The van der Waals surface area contributed by atoms with Crippen molar-refractivity contribution in [3.63, 3.8) is 0 Å². The molecular weight excluding hydrogens is 463 g/mol. The Labute approximate surface area is 121 Å². The molecule has 0 aliphatic heterocycles. The third-order valence-electron chi connectivity index (χ3n) is 0.500. The third kappa shape index (κ3) is 327. The van der Waals surface area contributed by atoms with Gasteiger partial charge >= 0.3 is 47.8 Å². The third-order valence-corrected chi connectivity index (χ3v) is 0.500. The minimum absolute atomic E-state index is 0. The normalized spacial score (nSPS) is 8.22. The van der Waals surface area contributed by atoms with Gasteiger partial charge in [-0.3, -0.25) is 0 Å². The Morgan fingerprint density at radius 3 is 0.667 bits per heavy atom. The zero-order valence-electron chi connectivity index (χ0n) is 10.1. The Bertz CT molecular complexity index is 171. The van der Waals surface area contributed by atoms with E-state index in [-0.39, 0.29) is 16.8 Å². The molecule has 0 aromatic heterocycles. The summed E-state index contributed by atoms with van der Waals surface area (Å²) in [4.78, 5) is 0. The Morgan fingerprint density at radius 1 is 0.611 bits per heavy atom. The summed E-state index contributed by atoms with van der Waals surface area (Å²) in [5.74, 6) is 0. The van der Waals surface area contributed by atoms with Gasteiger partial charge in [-0.05, 0) is 0 Å². The average molecular weight is 487 g/mol. The zero-order chi connectivity index (χ0) is 14.7. The molecule has 0 amide bonds. The molecule has 0 fully saturated rings. The van der Waals surface area contributed by atoms with E-state index in [0.717, 1.165) is 0 Å². The summed E-state index contributed by atoms with van der Waals surface area (Å²) in [6.45, 7) is 3.58. The molecule has 0 aromatic rings. The first-order valence-corrected chi connectivity index (χ1v) is 9.41. The maximum absolute atomic E-state index is 8.65. The van der Waals surface area contributed by atoms with Crippen LogP contribution in [0.1, 0.15) is 0 Å². The van der Waals surface area contributed by atoms with E-state index in [0.29, 0.717) is 39.3 Å². The molecule has 0 aliphatic carbocycles. The first kappa shape index (κ1) is 31.1. The fourth-order valence-electron chi connectivity index (χ4n) is 0. The van der Waals surface area contributed by atoms with Gasteiger partial charge in [0.05, 0.1) is 0 Å². The first-order chi connectivity index (χ1) is 7.74. The van der Waals surface area contributed by atoms with E-state index in [1.807, 2.05) is 0 Å². The van der Waals surface area contributed by atoms with Gasteiger partial charge in [0, 0.05) is 39.3 Å². The van der Waals surface area contributed by atoms with Crippen molar-refractivity contribution in [1.29, 1.82) is 0 Å². The van der Waals surface area contributed by atoms with Gasteiger partial charge in [0.15, 0.2) is 0 Å². The fourth-order valence-corrected chi connectivity index (χ4v) is 0. The van der Waals surface area contributed by atoms with Gasteiger partial charge in [-0.25, -0.2) is 0 Å². The van der Waals surface area contributed by atoms with Crippen LogP contribution in [0.25, 0.3) is 0 Å². The molecule has 10 nitrogen and oxygen atoms in total. The van der Waals surface area contributed by atoms with Crippen LogP contribution < -0.4 is 41.9 Å². The second kappa shape index (κ2) is 30.5. The van der Waals surface area contributed by atoms with Crippen LogP contribution >= 0.6 is 0 Å². The molecular formula is C6H24CoN6O4W. The van der Waals surface area contributed by atoms with Gasteiger partial charge in [0.2, 0.25) is 0 Å². The van der Waals surface area contributed by atoms with Crippen molar-refractivity contribution in [3.05, 3.63) is 0 Å². The molecule has 0 aliphatic rings. The van der Waals surface area contributed by atoms with Crippen LogP contribution in [0.15, 0.2) is 0 Å². The van der Waals surface area contributed by atoms with E-state index >= 15 is 0 Å². The molecule has 0 unspecified atom stereocenters. The van der Waals surface area contributed by atoms with Crippen LogP contribution in [-0.4, -0.2) is 39.3 Å². The number of nitrogens with two attached hydrogens (primary N) is 6. The van der Waals surface area contributed by atoms with Gasteiger partial charge in [0.1, 0.15) is 0 Å². The number of hydrogen-bond acceptors (Lipinski definition) is 10. The Kier molecular flexibility index (Phi) is 52.6. The monoisotopic (exact) mass is 487 g/mol. The van der Waals surface area contributed by atoms with E-state index in [1.54, 1.807) is 0 Å². The standard InChI is InChI=1S/3C2H8N2.Co.4O.W/c3*3-1-2-4;;;;;;/h3*1-4H2;;;;;;/q;;;+2;;;2*-1;. The maximum atomic E-state index is 8.65. The molecule has 18 heavy (non-hydrogen) atoms. The average Bonchev–Trinajstić information content (AvgIpc) is 2.27.